The minimum atomic E-state index is -3.86. The van der Waals surface area contributed by atoms with Crippen molar-refractivity contribution in [2.75, 3.05) is 41.8 Å². The average molecular weight is 391 g/mol. The molecular weight excluding hydrogens is 364 g/mol. The molecule has 0 fully saturated rings. The van der Waals surface area contributed by atoms with Gasteiger partial charge >= 0.3 is 0 Å². The van der Waals surface area contributed by atoms with Crippen LogP contribution in [-0.4, -0.2) is 41.0 Å². The maximum absolute atomic E-state index is 12.6. The summed E-state index contributed by atoms with van der Waals surface area (Å²) in [5.74, 6) is -0.249. The molecule has 0 atom stereocenters. The van der Waals surface area contributed by atoms with E-state index in [0.717, 1.165) is 24.5 Å². The van der Waals surface area contributed by atoms with Gasteiger partial charge in [-0.15, -0.1) is 0 Å². The number of hydrogen-bond acceptors (Lipinski definition) is 5. The molecule has 8 heteroatoms. The van der Waals surface area contributed by atoms with Gasteiger partial charge in [0.15, 0.2) is 0 Å². The lowest BCUT2D eigenvalue weighted by molar-refractivity contribution is -0.114. The van der Waals surface area contributed by atoms with Crippen LogP contribution in [0.1, 0.15) is 13.8 Å². The van der Waals surface area contributed by atoms with Gasteiger partial charge in [0.1, 0.15) is 0 Å². The second-order valence-electron chi connectivity index (χ2n) is 6.14. The molecule has 0 bridgehead atoms. The number of nitrogens with two attached hydrogens (primary N) is 1. The Morgan fingerprint density at radius 2 is 1.70 bits per heavy atom. The molecule has 0 aliphatic carbocycles. The van der Waals surface area contributed by atoms with Crippen LogP contribution >= 0.6 is 0 Å². The summed E-state index contributed by atoms with van der Waals surface area (Å²) in [6, 6.07) is 14.1. The molecule has 27 heavy (non-hydrogen) atoms. The number of para-hydroxylation sites is 1. The third-order valence-electron chi connectivity index (χ3n) is 4.25. The summed E-state index contributed by atoms with van der Waals surface area (Å²) in [5.41, 5.74) is 2.09. The van der Waals surface area contributed by atoms with E-state index in [-0.39, 0.29) is 17.3 Å². The van der Waals surface area contributed by atoms with Gasteiger partial charge in [-0.25, -0.2) is 13.6 Å². The maximum Gasteiger partial charge on any atom is 0.243 e. The highest BCUT2D eigenvalue weighted by molar-refractivity contribution is 7.89. The van der Waals surface area contributed by atoms with Gasteiger partial charge in [-0.05, 0) is 44.2 Å². The third-order valence-corrected chi connectivity index (χ3v) is 5.16. The summed E-state index contributed by atoms with van der Waals surface area (Å²) in [6.07, 6.45) is 0. The zero-order valence-corrected chi connectivity index (χ0v) is 16.7. The number of carbonyl (C=O) groups excluding carboxylic acids is 1. The lowest BCUT2D eigenvalue weighted by atomic mass is 10.2. The van der Waals surface area contributed by atoms with Crippen LogP contribution in [0.15, 0.2) is 53.4 Å². The molecule has 0 spiro atoms. The fourth-order valence-electron chi connectivity index (χ4n) is 2.81. The molecule has 7 nitrogen and oxygen atoms in total. The van der Waals surface area contributed by atoms with Crippen LogP contribution in [0.5, 0.6) is 0 Å². The van der Waals surface area contributed by atoms with Gasteiger partial charge in [0, 0.05) is 25.8 Å². The largest absolute Gasteiger partial charge is 0.370 e. The average Bonchev–Trinajstić information content (AvgIpc) is 2.63. The van der Waals surface area contributed by atoms with E-state index in [1.165, 1.54) is 12.1 Å². The molecule has 146 valence electrons. The Bertz CT molecular complexity index is 881. The molecule has 0 aliphatic rings. The van der Waals surface area contributed by atoms with E-state index in [4.69, 9.17) is 5.14 Å². The van der Waals surface area contributed by atoms with Gasteiger partial charge in [-0.3, -0.25) is 4.79 Å². The third kappa shape index (κ3) is 5.45. The topological polar surface area (TPSA) is 95.7 Å². The van der Waals surface area contributed by atoms with Crippen molar-refractivity contribution in [2.24, 2.45) is 5.14 Å². The highest BCUT2D eigenvalue weighted by Crippen LogP contribution is 2.28. The van der Waals surface area contributed by atoms with Crippen LogP contribution < -0.4 is 20.3 Å². The molecule has 0 heterocycles. The monoisotopic (exact) mass is 390 g/mol. The zero-order valence-electron chi connectivity index (χ0n) is 15.8. The lowest BCUT2D eigenvalue weighted by Crippen LogP contribution is -2.31. The number of likely N-dealkylation sites (N-methyl/N-ethyl adjacent to an activating group) is 1. The number of amides is 1. The van der Waals surface area contributed by atoms with Crippen LogP contribution in [0.2, 0.25) is 0 Å². The predicted molar refractivity (Wildman–Crippen MR) is 110 cm³/mol. The molecule has 0 saturated heterocycles. The fraction of sp³-hybridized carbons (Fsp3) is 0.316. The summed E-state index contributed by atoms with van der Waals surface area (Å²) < 4.78 is 23.4. The first kappa shape index (κ1) is 20.7. The quantitative estimate of drug-likeness (QED) is 0.721. The molecule has 0 aliphatic heterocycles. The molecule has 2 rings (SSSR count). The predicted octanol–water partition coefficient (Wildman–Crippen LogP) is 2.26. The van der Waals surface area contributed by atoms with Crippen molar-refractivity contribution in [3.05, 3.63) is 48.5 Å². The molecule has 2 aromatic carbocycles. The van der Waals surface area contributed by atoms with Crippen molar-refractivity contribution in [3.8, 4) is 0 Å². The normalized spacial score (nSPS) is 11.1. The number of rotatable bonds is 8. The van der Waals surface area contributed by atoms with Crippen molar-refractivity contribution in [1.82, 2.24) is 0 Å². The Balaban J connectivity index is 2.27. The molecule has 0 aromatic heterocycles. The molecule has 0 radical (unpaired) electrons. The fourth-order valence-corrected chi connectivity index (χ4v) is 3.35. The smallest absolute Gasteiger partial charge is 0.243 e. The van der Waals surface area contributed by atoms with Gasteiger partial charge in [0.05, 0.1) is 22.8 Å². The van der Waals surface area contributed by atoms with Gasteiger partial charge in [0.2, 0.25) is 15.9 Å². The van der Waals surface area contributed by atoms with Gasteiger partial charge in [-0.2, -0.15) is 0 Å². The number of nitrogens with zero attached hydrogens (tertiary/aromatic N) is 2. The van der Waals surface area contributed by atoms with Crippen LogP contribution in [0.4, 0.5) is 17.1 Å². The van der Waals surface area contributed by atoms with Crippen LogP contribution in [0.3, 0.4) is 0 Å². The number of anilines is 3. The van der Waals surface area contributed by atoms with Gasteiger partial charge in [0.25, 0.3) is 0 Å². The molecule has 0 unspecified atom stereocenters. The molecule has 2 aromatic rings. The minimum absolute atomic E-state index is 0.0369. The summed E-state index contributed by atoms with van der Waals surface area (Å²) in [4.78, 5) is 16.4. The molecule has 3 N–H and O–H groups in total. The summed E-state index contributed by atoms with van der Waals surface area (Å²) in [7, 11) is -2.04. The molecular formula is C19H26N4O3S. The minimum Gasteiger partial charge on any atom is -0.370 e. The number of nitrogens with one attached hydrogen (secondary N) is 1. The van der Waals surface area contributed by atoms with E-state index in [1.54, 1.807) is 6.07 Å². The van der Waals surface area contributed by atoms with E-state index >= 15 is 0 Å². The standard InChI is InChI=1S/C19H26N4O3S/c1-4-23(5-2)18-12-11-16(27(20,25)26)13-17(18)21-19(24)14-22(3)15-9-7-6-8-10-15/h6-13H,4-5,14H2,1-3H3,(H,21,24)(H2,20,25,26). The van der Waals surface area contributed by atoms with Crippen molar-refractivity contribution >= 4 is 33.0 Å². The highest BCUT2D eigenvalue weighted by Gasteiger charge is 2.17. The van der Waals surface area contributed by atoms with E-state index in [1.807, 2.05) is 61.0 Å². The highest BCUT2D eigenvalue weighted by atomic mass is 32.2. The first-order valence-electron chi connectivity index (χ1n) is 8.74. The first-order valence-corrected chi connectivity index (χ1v) is 10.3. The molecule has 0 saturated carbocycles. The van der Waals surface area contributed by atoms with Crippen molar-refractivity contribution < 1.29 is 13.2 Å². The van der Waals surface area contributed by atoms with E-state index in [9.17, 15) is 13.2 Å². The summed E-state index contributed by atoms with van der Waals surface area (Å²) >= 11 is 0. The van der Waals surface area contributed by atoms with E-state index < -0.39 is 10.0 Å². The Morgan fingerprint density at radius 3 is 2.26 bits per heavy atom. The molecule has 1 amide bonds. The summed E-state index contributed by atoms with van der Waals surface area (Å²) in [5, 5.41) is 8.07. The Hall–Kier alpha value is -2.58. The number of primary sulfonamides is 1. The Labute approximate surface area is 160 Å². The SMILES string of the molecule is CCN(CC)c1ccc(S(N)(=O)=O)cc1NC(=O)CN(C)c1ccccc1. The van der Waals surface area contributed by atoms with Crippen LogP contribution in [0, 0.1) is 0 Å². The van der Waals surface area contributed by atoms with Gasteiger partial charge in [-0.1, -0.05) is 18.2 Å². The number of benzene rings is 2. The van der Waals surface area contributed by atoms with Crippen molar-refractivity contribution in [2.45, 2.75) is 18.7 Å². The number of sulfonamides is 1. The van der Waals surface area contributed by atoms with Crippen LogP contribution in [-0.2, 0) is 14.8 Å². The first-order chi connectivity index (χ1) is 12.8. The van der Waals surface area contributed by atoms with Crippen molar-refractivity contribution in [3.63, 3.8) is 0 Å². The Kier molecular flexibility index (Phi) is 6.81. The van der Waals surface area contributed by atoms with Gasteiger partial charge < -0.3 is 15.1 Å². The van der Waals surface area contributed by atoms with Crippen molar-refractivity contribution in [1.29, 1.82) is 0 Å². The second-order valence-corrected chi connectivity index (χ2v) is 7.70. The van der Waals surface area contributed by atoms with E-state index in [0.29, 0.717) is 5.69 Å². The zero-order chi connectivity index (χ0) is 20.0. The maximum atomic E-state index is 12.6. The van der Waals surface area contributed by atoms with Crippen LogP contribution in [0.25, 0.3) is 0 Å². The number of hydrogen-bond donors (Lipinski definition) is 2. The second kappa shape index (κ2) is 8.88. The Morgan fingerprint density at radius 1 is 1.07 bits per heavy atom. The number of carbonyl (C=O) groups is 1. The summed E-state index contributed by atoms with van der Waals surface area (Å²) in [6.45, 7) is 5.55. The van der Waals surface area contributed by atoms with E-state index in [2.05, 4.69) is 5.32 Å². The lowest BCUT2D eigenvalue weighted by Gasteiger charge is -2.25.